The molecule has 5 nitrogen and oxygen atoms in total. The molecule has 0 aromatic carbocycles. The Morgan fingerprint density at radius 1 is 0.423 bits per heavy atom. The zero-order chi connectivity index (χ0) is 19.0. The molecule has 0 aliphatic rings. The van der Waals surface area contributed by atoms with Crippen LogP contribution >= 0.6 is 22.6 Å². The van der Waals surface area contributed by atoms with Crippen molar-refractivity contribution < 1.29 is 23.7 Å². The quantitative estimate of drug-likeness (QED) is 0.119. The van der Waals surface area contributed by atoms with E-state index in [0.29, 0.717) is 52.9 Å². The van der Waals surface area contributed by atoms with E-state index in [1.165, 1.54) is 51.4 Å². The van der Waals surface area contributed by atoms with Crippen molar-refractivity contribution in [1.29, 1.82) is 0 Å². The zero-order valence-corrected chi connectivity index (χ0v) is 19.0. The molecule has 0 heterocycles. The van der Waals surface area contributed by atoms with E-state index in [1.807, 2.05) is 0 Å². The van der Waals surface area contributed by atoms with E-state index >= 15 is 0 Å². The molecule has 0 N–H and O–H groups in total. The average Bonchev–Trinajstić information content (AvgIpc) is 2.66. The van der Waals surface area contributed by atoms with E-state index in [1.54, 1.807) is 0 Å². The van der Waals surface area contributed by atoms with E-state index in [9.17, 15) is 0 Å². The molecule has 0 radical (unpaired) electrons. The lowest BCUT2D eigenvalue weighted by molar-refractivity contribution is -0.0102. The largest absolute Gasteiger partial charge is 0.379 e. The van der Waals surface area contributed by atoms with Crippen LogP contribution in [0.15, 0.2) is 0 Å². The van der Waals surface area contributed by atoms with Gasteiger partial charge in [0.15, 0.2) is 0 Å². The van der Waals surface area contributed by atoms with Gasteiger partial charge in [0.1, 0.15) is 0 Å². The van der Waals surface area contributed by atoms with Crippen LogP contribution < -0.4 is 0 Å². The Labute approximate surface area is 175 Å². The molecular formula is C20H41IO5. The summed E-state index contributed by atoms with van der Waals surface area (Å²) in [5.41, 5.74) is 0. The summed E-state index contributed by atoms with van der Waals surface area (Å²) in [5.74, 6) is 0. The summed E-state index contributed by atoms with van der Waals surface area (Å²) < 4.78 is 28.2. The molecule has 6 heteroatoms. The standard InChI is InChI=1S/C20H41IO5/c1-2-3-4-5-6-7-8-9-11-22-13-15-24-17-19-26-20-18-25-16-14-23-12-10-21/h2-20H2,1H3. The van der Waals surface area contributed by atoms with Crippen LogP contribution in [0.5, 0.6) is 0 Å². The Hall–Kier alpha value is 0.530. The number of rotatable bonds is 23. The van der Waals surface area contributed by atoms with E-state index in [4.69, 9.17) is 23.7 Å². The van der Waals surface area contributed by atoms with Gasteiger partial charge in [-0.2, -0.15) is 0 Å². The summed E-state index contributed by atoms with van der Waals surface area (Å²) in [5, 5.41) is 0. The molecule has 0 bridgehead atoms. The number of unbranched alkanes of at least 4 members (excludes halogenated alkanes) is 7. The van der Waals surface area contributed by atoms with Crippen LogP contribution in [0.2, 0.25) is 0 Å². The third-order valence-electron chi connectivity index (χ3n) is 3.85. The maximum atomic E-state index is 5.58. The van der Waals surface area contributed by atoms with Gasteiger partial charge in [0, 0.05) is 11.0 Å². The molecule has 0 aliphatic carbocycles. The minimum atomic E-state index is 0.602. The van der Waals surface area contributed by atoms with Gasteiger partial charge in [0.05, 0.1) is 59.5 Å². The van der Waals surface area contributed by atoms with E-state index in [0.717, 1.165) is 17.6 Å². The lowest BCUT2D eigenvalue weighted by Crippen LogP contribution is -2.13. The Kier molecular flexibility index (Phi) is 26.1. The molecule has 0 aromatic rings. The Bertz CT molecular complexity index is 220. The normalized spacial score (nSPS) is 11.3. The molecule has 158 valence electrons. The predicted octanol–water partition coefficient (Wildman–Crippen LogP) is 4.65. The van der Waals surface area contributed by atoms with E-state index in [2.05, 4.69) is 29.5 Å². The maximum absolute atomic E-state index is 5.58. The first-order chi connectivity index (χ1) is 12.9. The monoisotopic (exact) mass is 488 g/mol. The van der Waals surface area contributed by atoms with Crippen molar-refractivity contribution in [2.24, 2.45) is 0 Å². The van der Waals surface area contributed by atoms with Crippen LogP contribution in [-0.2, 0) is 23.7 Å². The fraction of sp³-hybridized carbons (Fsp3) is 1.00. The minimum Gasteiger partial charge on any atom is -0.379 e. The highest BCUT2D eigenvalue weighted by Crippen LogP contribution is 2.08. The van der Waals surface area contributed by atoms with Gasteiger partial charge >= 0.3 is 0 Å². The first-order valence-electron chi connectivity index (χ1n) is 10.4. The average molecular weight is 488 g/mol. The summed E-state index contributed by atoms with van der Waals surface area (Å²) in [6, 6.07) is 0. The Balaban J connectivity index is 2.95. The van der Waals surface area contributed by atoms with Crippen molar-refractivity contribution in [2.45, 2.75) is 58.3 Å². The molecule has 0 aromatic heterocycles. The van der Waals surface area contributed by atoms with Crippen molar-refractivity contribution >= 4 is 22.6 Å². The summed E-state index contributed by atoms with van der Waals surface area (Å²) >= 11 is 2.29. The van der Waals surface area contributed by atoms with Crippen molar-refractivity contribution in [3.05, 3.63) is 0 Å². The lowest BCUT2D eigenvalue weighted by Gasteiger charge is -2.08. The SMILES string of the molecule is CCCCCCCCCCOCCOCCOCCOCCOCCI. The highest BCUT2D eigenvalue weighted by Gasteiger charge is 1.94. The van der Waals surface area contributed by atoms with Crippen molar-refractivity contribution in [2.75, 3.05) is 70.5 Å². The molecule has 0 spiro atoms. The van der Waals surface area contributed by atoms with Crippen LogP contribution in [-0.4, -0.2) is 70.5 Å². The van der Waals surface area contributed by atoms with Gasteiger partial charge in [-0.1, -0.05) is 74.5 Å². The van der Waals surface area contributed by atoms with Gasteiger partial charge in [-0.05, 0) is 6.42 Å². The molecule has 0 saturated heterocycles. The summed E-state index contributed by atoms with van der Waals surface area (Å²) in [7, 11) is 0. The van der Waals surface area contributed by atoms with Gasteiger partial charge < -0.3 is 23.7 Å². The summed E-state index contributed by atoms with van der Waals surface area (Å²) in [6.45, 7) is 8.94. The molecule has 0 aliphatic heterocycles. The molecule has 0 unspecified atom stereocenters. The number of alkyl halides is 1. The second-order valence-corrected chi connectivity index (χ2v) is 7.30. The molecule has 0 atom stereocenters. The van der Waals surface area contributed by atoms with Gasteiger partial charge in [-0.25, -0.2) is 0 Å². The second kappa shape index (κ2) is 25.5. The highest BCUT2D eigenvalue weighted by molar-refractivity contribution is 14.1. The molecule has 0 amide bonds. The molecule has 0 fully saturated rings. The smallest absolute Gasteiger partial charge is 0.0701 e. The minimum absolute atomic E-state index is 0.602. The summed E-state index contributed by atoms with van der Waals surface area (Å²) in [4.78, 5) is 0. The first kappa shape index (κ1) is 26.5. The zero-order valence-electron chi connectivity index (χ0n) is 16.9. The fourth-order valence-electron chi connectivity index (χ4n) is 2.37. The number of hydrogen-bond acceptors (Lipinski definition) is 5. The fourth-order valence-corrected chi connectivity index (χ4v) is 2.69. The van der Waals surface area contributed by atoms with Crippen LogP contribution in [0.1, 0.15) is 58.3 Å². The Morgan fingerprint density at radius 2 is 0.769 bits per heavy atom. The number of hydrogen-bond donors (Lipinski definition) is 0. The number of ether oxygens (including phenoxy) is 5. The van der Waals surface area contributed by atoms with Crippen LogP contribution in [0.4, 0.5) is 0 Å². The summed E-state index contributed by atoms with van der Waals surface area (Å²) in [6.07, 6.45) is 10.7. The Morgan fingerprint density at radius 3 is 1.19 bits per heavy atom. The van der Waals surface area contributed by atoms with Gasteiger partial charge in [-0.15, -0.1) is 0 Å². The lowest BCUT2D eigenvalue weighted by atomic mass is 10.1. The second-order valence-electron chi connectivity index (χ2n) is 6.23. The maximum Gasteiger partial charge on any atom is 0.0701 e. The van der Waals surface area contributed by atoms with Crippen LogP contribution in [0.3, 0.4) is 0 Å². The first-order valence-corrected chi connectivity index (χ1v) is 11.9. The van der Waals surface area contributed by atoms with Crippen LogP contribution in [0.25, 0.3) is 0 Å². The van der Waals surface area contributed by atoms with Crippen molar-refractivity contribution in [3.63, 3.8) is 0 Å². The van der Waals surface area contributed by atoms with Gasteiger partial charge in [0.25, 0.3) is 0 Å². The van der Waals surface area contributed by atoms with E-state index < -0.39 is 0 Å². The van der Waals surface area contributed by atoms with Gasteiger partial charge in [0.2, 0.25) is 0 Å². The van der Waals surface area contributed by atoms with Crippen molar-refractivity contribution in [1.82, 2.24) is 0 Å². The molecule has 0 saturated carbocycles. The molecular weight excluding hydrogens is 447 g/mol. The van der Waals surface area contributed by atoms with Gasteiger partial charge in [-0.3, -0.25) is 0 Å². The highest BCUT2D eigenvalue weighted by atomic mass is 127. The topological polar surface area (TPSA) is 46.2 Å². The molecule has 0 rings (SSSR count). The van der Waals surface area contributed by atoms with Crippen molar-refractivity contribution in [3.8, 4) is 0 Å². The third kappa shape index (κ3) is 24.5. The third-order valence-corrected chi connectivity index (χ3v) is 4.29. The number of halogens is 1. The molecule has 26 heavy (non-hydrogen) atoms. The predicted molar refractivity (Wildman–Crippen MR) is 116 cm³/mol. The van der Waals surface area contributed by atoms with Crippen LogP contribution in [0, 0.1) is 0 Å². The van der Waals surface area contributed by atoms with E-state index in [-0.39, 0.29) is 0 Å².